The zero-order valence-electron chi connectivity index (χ0n) is 15.2. The minimum absolute atomic E-state index is 0.258. The molecule has 0 amide bonds. The van der Waals surface area contributed by atoms with E-state index in [0.29, 0.717) is 27.8 Å². The average Bonchev–Trinajstić information content (AvgIpc) is 2.63. The van der Waals surface area contributed by atoms with Gasteiger partial charge in [0.25, 0.3) is 5.79 Å². The lowest BCUT2D eigenvalue weighted by Crippen LogP contribution is -2.42. The van der Waals surface area contributed by atoms with Gasteiger partial charge in [0.2, 0.25) is 0 Å². The second kappa shape index (κ2) is 7.92. The van der Waals surface area contributed by atoms with Crippen LogP contribution in [0.2, 0.25) is 5.02 Å². The molecule has 146 valence electrons. The monoisotopic (exact) mass is 403 g/mol. The summed E-state index contributed by atoms with van der Waals surface area (Å²) in [5.74, 6) is -1.83. The van der Waals surface area contributed by atoms with Gasteiger partial charge in [0.15, 0.2) is 5.57 Å². The second-order valence-electron chi connectivity index (χ2n) is 6.42. The molecular formula is C20H18ClNO6. The number of carbonyl (C=O) groups excluding carboxylic acids is 2. The number of esters is 2. The molecule has 1 aliphatic rings. The molecule has 28 heavy (non-hydrogen) atoms. The Morgan fingerprint density at radius 3 is 2.36 bits per heavy atom. The Balaban J connectivity index is 1.76. The molecule has 1 fully saturated rings. The van der Waals surface area contributed by atoms with Crippen LogP contribution >= 0.6 is 11.6 Å². The number of hydrogen-bond donors (Lipinski definition) is 2. The number of aliphatic hydroxyl groups is 1. The predicted molar refractivity (Wildman–Crippen MR) is 102 cm³/mol. The van der Waals surface area contributed by atoms with E-state index in [0.717, 1.165) is 0 Å². The molecule has 2 N–H and O–H groups in total. The Morgan fingerprint density at radius 2 is 1.75 bits per heavy atom. The van der Waals surface area contributed by atoms with Crippen molar-refractivity contribution in [2.45, 2.75) is 26.2 Å². The minimum Gasteiger partial charge on any atom is -0.457 e. The Labute approximate surface area is 166 Å². The third-order valence-corrected chi connectivity index (χ3v) is 4.02. The van der Waals surface area contributed by atoms with E-state index in [-0.39, 0.29) is 12.2 Å². The van der Waals surface area contributed by atoms with Crippen LogP contribution in [0.1, 0.15) is 19.4 Å². The number of ether oxygens (including phenoxy) is 3. The molecule has 0 spiro atoms. The third-order valence-electron chi connectivity index (χ3n) is 3.77. The molecule has 1 heterocycles. The van der Waals surface area contributed by atoms with Crippen LogP contribution in [0.25, 0.3) is 0 Å². The fourth-order valence-corrected chi connectivity index (χ4v) is 2.58. The highest BCUT2D eigenvalue weighted by Gasteiger charge is 2.38. The number of anilines is 1. The van der Waals surface area contributed by atoms with E-state index < -0.39 is 17.7 Å². The van der Waals surface area contributed by atoms with Crippen LogP contribution in [0.4, 0.5) is 5.69 Å². The summed E-state index contributed by atoms with van der Waals surface area (Å²) in [5, 5.41) is 13.0. The molecule has 0 atom stereocenters. The summed E-state index contributed by atoms with van der Waals surface area (Å²) in [5.41, 5.74) is 0.782. The number of halogens is 1. The largest absolute Gasteiger partial charge is 0.457 e. The van der Waals surface area contributed by atoms with Crippen molar-refractivity contribution in [1.82, 2.24) is 0 Å². The third kappa shape index (κ3) is 4.62. The molecule has 0 radical (unpaired) electrons. The highest BCUT2D eigenvalue weighted by atomic mass is 35.5. The minimum atomic E-state index is -1.30. The number of aliphatic hydroxyl groups excluding tert-OH is 1. The fourth-order valence-electron chi connectivity index (χ4n) is 2.46. The van der Waals surface area contributed by atoms with Gasteiger partial charge in [0, 0.05) is 36.3 Å². The van der Waals surface area contributed by atoms with Crippen molar-refractivity contribution in [1.29, 1.82) is 0 Å². The Morgan fingerprint density at radius 1 is 1.11 bits per heavy atom. The summed E-state index contributed by atoms with van der Waals surface area (Å²) < 4.78 is 15.8. The maximum absolute atomic E-state index is 11.9. The lowest BCUT2D eigenvalue weighted by molar-refractivity contribution is -0.222. The highest BCUT2D eigenvalue weighted by Crippen LogP contribution is 2.29. The SMILES string of the molecule is CC1(C)OC(=O)C(=CNc2ccc(Oc3ccc(Cl)cc3)c(CO)c2)C(=O)O1. The molecule has 1 saturated heterocycles. The first-order valence-electron chi connectivity index (χ1n) is 8.38. The summed E-state index contributed by atoms with van der Waals surface area (Å²) in [4.78, 5) is 23.9. The van der Waals surface area contributed by atoms with E-state index in [1.54, 1.807) is 42.5 Å². The molecule has 0 unspecified atom stereocenters. The van der Waals surface area contributed by atoms with E-state index in [9.17, 15) is 14.7 Å². The fraction of sp³-hybridized carbons (Fsp3) is 0.200. The number of carbonyl (C=O) groups is 2. The normalized spacial score (nSPS) is 15.5. The Hall–Kier alpha value is -3.03. The first kappa shape index (κ1) is 19.7. The number of rotatable bonds is 5. The molecule has 2 aromatic carbocycles. The van der Waals surface area contributed by atoms with E-state index in [1.807, 2.05) is 0 Å². The van der Waals surface area contributed by atoms with Crippen molar-refractivity contribution in [2.75, 3.05) is 5.32 Å². The van der Waals surface area contributed by atoms with Crippen LogP contribution in [-0.2, 0) is 25.7 Å². The van der Waals surface area contributed by atoms with Gasteiger partial charge in [-0.1, -0.05) is 11.6 Å². The van der Waals surface area contributed by atoms with Crippen LogP contribution in [-0.4, -0.2) is 22.8 Å². The molecule has 3 rings (SSSR count). The van der Waals surface area contributed by atoms with Crippen molar-refractivity contribution in [2.24, 2.45) is 0 Å². The van der Waals surface area contributed by atoms with Gasteiger partial charge in [-0.25, -0.2) is 9.59 Å². The maximum atomic E-state index is 11.9. The molecular weight excluding hydrogens is 386 g/mol. The van der Waals surface area contributed by atoms with Gasteiger partial charge in [-0.2, -0.15) is 0 Å². The van der Waals surface area contributed by atoms with Crippen LogP contribution in [0, 0.1) is 0 Å². The van der Waals surface area contributed by atoms with Crippen LogP contribution < -0.4 is 10.1 Å². The standard InChI is InChI=1S/C20H18ClNO6/c1-20(2)27-18(24)16(19(25)28-20)10-22-14-5-8-17(12(9-14)11-23)26-15-6-3-13(21)4-7-15/h3-10,22-23H,11H2,1-2H3. The maximum Gasteiger partial charge on any atom is 0.350 e. The Bertz CT molecular complexity index is 914. The molecule has 1 aliphatic heterocycles. The van der Waals surface area contributed by atoms with Crippen LogP contribution in [0.3, 0.4) is 0 Å². The number of benzene rings is 2. The molecule has 0 saturated carbocycles. The molecule has 0 aromatic heterocycles. The smallest absolute Gasteiger partial charge is 0.350 e. The predicted octanol–water partition coefficient (Wildman–Crippen LogP) is 3.76. The van der Waals surface area contributed by atoms with Gasteiger partial charge >= 0.3 is 11.9 Å². The van der Waals surface area contributed by atoms with Gasteiger partial charge in [-0.15, -0.1) is 0 Å². The molecule has 8 heteroatoms. The lowest BCUT2D eigenvalue weighted by Gasteiger charge is -2.29. The van der Waals surface area contributed by atoms with Gasteiger partial charge in [-0.05, 0) is 42.5 Å². The first-order chi connectivity index (χ1) is 13.3. The average molecular weight is 404 g/mol. The summed E-state index contributed by atoms with van der Waals surface area (Å²) in [7, 11) is 0. The van der Waals surface area contributed by atoms with E-state index in [1.165, 1.54) is 20.0 Å². The van der Waals surface area contributed by atoms with Crippen molar-refractivity contribution < 1.29 is 28.9 Å². The zero-order chi connectivity index (χ0) is 20.3. The molecule has 7 nitrogen and oxygen atoms in total. The van der Waals surface area contributed by atoms with Crippen LogP contribution in [0.15, 0.2) is 54.2 Å². The molecule has 0 bridgehead atoms. The zero-order valence-corrected chi connectivity index (χ0v) is 15.9. The van der Waals surface area contributed by atoms with Crippen molar-refractivity contribution >= 4 is 29.2 Å². The number of nitrogens with one attached hydrogen (secondary N) is 1. The second-order valence-corrected chi connectivity index (χ2v) is 6.85. The van der Waals surface area contributed by atoms with Crippen LogP contribution in [0.5, 0.6) is 11.5 Å². The lowest BCUT2D eigenvalue weighted by atomic mass is 10.1. The summed E-state index contributed by atoms with van der Waals surface area (Å²) in [6, 6.07) is 11.8. The van der Waals surface area contributed by atoms with Gasteiger partial charge in [-0.3, -0.25) is 0 Å². The summed E-state index contributed by atoms with van der Waals surface area (Å²) in [6.07, 6.45) is 1.20. The van der Waals surface area contributed by atoms with E-state index in [4.69, 9.17) is 25.8 Å². The van der Waals surface area contributed by atoms with Gasteiger partial charge in [0.05, 0.1) is 6.61 Å². The van der Waals surface area contributed by atoms with Crippen molar-refractivity contribution in [3.8, 4) is 11.5 Å². The van der Waals surface area contributed by atoms with Gasteiger partial charge < -0.3 is 24.6 Å². The first-order valence-corrected chi connectivity index (χ1v) is 8.76. The van der Waals surface area contributed by atoms with Crippen molar-refractivity contribution in [3.05, 3.63) is 64.8 Å². The topological polar surface area (TPSA) is 94.1 Å². The Kier molecular flexibility index (Phi) is 5.58. The van der Waals surface area contributed by atoms with E-state index >= 15 is 0 Å². The highest BCUT2D eigenvalue weighted by molar-refractivity contribution is 6.30. The quantitative estimate of drug-likeness (QED) is 0.446. The van der Waals surface area contributed by atoms with Crippen molar-refractivity contribution in [3.63, 3.8) is 0 Å². The molecule has 2 aromatic rings. The summed E-state index contributed by atoms with van der Waals surface area (Å²) in [6.45, 7) is 2.67. The summed E-state index contributed by atoms with van der Waals surface area (Å²) >= 11 is 5.85. The molecule has 0 aliphatic carbocycles. The van der Waals surface area contributed by atoms with E-state index in [2.05, 4.69) is 5.32 Å². The number of cyclic esters (lactones) is 2. The van der Waals surface area contributed by atoms with Gasteiger partial charge in [0.1, 0.15) is 11.5 Å². The number of hydrogen-bond acceptors (Lipinski definition) is 7.